The number of amides is 1. The second-order valence-electron chi connectivity index (χ2n) is 7.04. The van der Waals surface area contributed by atoms with Gasteiger partial charge in [-0.15, -0.1) is 0 Å². The number of nitrogens with zero attached hydrogens (tertiary/aromatic N) is 3. The molecule has 4 aromatic rings. The van der Waals surface area contributed by atoms with E-state index in [2.05, 4.69) is 10.3 Å². The Morgan fingerprint density at radius 1 is 1.16 bits per heavy atom. The number of pyridine rings is 1. The summed E-state index contributed by atoms with van der Waals surface area (Å²) in [5.74, 6) is 0.189. The van der Waals surface area contributed by atoms with Crippen LogP contribution in [-0.4, -0.2) is 26.6 Å². The van der Waals surface area contributed by atoms with Crippen LogP contribution < -0.4 is 27.0 Å². The van der Waals surface area contributed by atoms with Crippen LogP contribution >= 0.6 is 0 Å². The van der Waals surface area contributed by atoms with Crippen molar-refractivity contribution in [2.45, 2.75) is 6.92 Å². The van der Waals surface area contributed by atoms with Crippen LogP contribution in [0.5, 0.6) is 5.75 Å². The first kappa shape index (κ1) is 20.9. The first-order valence-corrected chi connectivity index (χ1v) is 9.80. The fraction of sp³-hybridized carbons (Fsp3) is 0.182. The fourth-order valence-electron chi connectivity index (χ4n) is 3.50. The number of furan rings is 1. The highest BCUT2D eigenvalue weighted by atomic mass is 16.5. The van der Waals surface area contributed by atoms with Crippen LogP contribution in [-0.2, 0) is 14.1 Å². The Kier molecular flexibility index (Phi) is 5.27. The van der Waals surface area contributed by atoms with E-state index < -0.39 is 17.2 Å². The lowest BCUT2D eigenvalue weighted by Crippen LogP contribution is -2.38. The van der Waals surface area contributed by atoms with Gasteiger partial charge in [0.05, 0.1) is 29.4 Å². The molecule has 0 spiro atoms. The Morgan fingerprint density at radius 3 is 2.50 bits per heavy atom. The summed E-state index contributed by atoms with van der Waals surface area (Å²) in [4.78, 5) is 42.9. The maximum Gasteiger partial charge on any atom is 0.332 e. The van der Waals surface area contributed by atoms with Gasteiger partial charge in [0.1, 0.15) is 17.3 Å². The van der Waals surface area contributed by atoms with E-state index in [1.807, 2.05) is 6.92 Å². The molecule has 3 aromatic heterocycles. The molecule has 0 saturated carbocycles. The van der Waals surface area contributed by atoms with E-state index in [1.165, 1.54) is 24.9 Å². The fourth-order valence-corrected chi connectivity index (χ4v) is 3.50. The Morgan fingerprint density at radius 2 is 1.88 bits per heavy atom. The lowest BCUT2D eigenvalue weighted by atomic mass is 10.0. The SMILES string of the molecule is CCOc1ccc(NC(=O)c2c(N)nc3c(c2-c2ccco2)c(=O)n(C)c(=O)n3C)cc1. The van der Waals surface area contributed by atoms with Crippen molar-refractivity contribution in [1.29, 1.82) is 0 Å². The van der Waals surface area contributed by atoms with Crippen molar-refractivity contribution in [3.8, 4) is 17.1 Å². The molecule has 0 aliphatic carbocycles. The number of carbonyl (C=O) groups is 1. The third kappa shape index (κ3) is 3.41. The van der Waals surface area contributed by atoms with E-state index in [0.29, 0.717) is 18.0 Å². The van der Waals surface area contributed by atoms with Crippen molar-refractivity contribution in [3.63, 3.8) is 0 Å². The minimum absolute atomic E-state index is 0.0305. The van der Waals surface area contributed by atoms with E-state index in [-0.39, 0.29) is 33.7 Å². The molecular formula is C22H21N5O5. The van der Waals surface area contributed by atoms with Crippen molar-refractivity contribution in [2.75, 3.05) is 17.7 Å². The van der Waals surface area contributed by atoms with Gasteiger partial charge in [-0.1, -0.05) is 0 Å². The normalized spacial score (nSPS) is 11.0. The summed E-state index contributed by atoms with van der Waals surface area (Å²) >= 11 is 0. The molecule has 1 aromatic carbocycles. The average Bonchev–Trinajstić information content (AvgIpc) is 3.31. The molecule has 0 radical (unpaired) electrons. The molecule has 0 bridgehead atoms. The molecule has 3 N–H and O–H groups in total. The molecule has 0 saturated heterocycles. The number of rotatable bonds is 5. The van der Waals surface area contributed by atoms with Crippen LogP contribution in [0, 0.1) is 0 Å². The second-order valence-corrected chi connectivity index (χ2v) is 7.04. The molecular weight excluding hydrogens is 414 g/mol. The van der Waals surface area contributed by atoms with E-state index >= 15 is 0 Å². The number of carbonyl (C=O) groups excluding carboxylic acids is 1. The zero-order chi connectivity index (χ0) is 23.0. The largest absolute Gasteiger partial charge is 0.494 e. The predicted octanol–water partition coefficient (Wildman–Crippen LogP) is 2.13. The molecule has 1 amide bonds. The van der Waals surface area contributed by atoms with Gasteiger partial charge in [-0.25, -0.2) is 9.78 Å². The summed E-state index contributed by atoms with van der Waals surface area (Å²) in [5.41, 5.74) is 5.67. The molecule has 0 aliphatic rings. The van der Waals surface area contributed by atoms with Gasteiger partial charge in [-0.2, -0.15) is 0 Å². The summed E-state index contributed by atoms with van der Waals surface area (Å²) in [6.07, 6.45) is 1.42. The number of aryl methyl sites for hydroxylation is 1. The van der Waals surface area contributed by atoms with Crippen LogP contribution in [0.2, 0.25) is 0 Å². The van der Waals surface area contributed by atoms with Crippen molar-refractivity contribution in [3.05, 3.63) is 69.1 Å². The van der Waals surface area contributed by atoms with Crippen molar-refractivity contribution < 1.29 is 13.9 Å². The third-order valence-corrected chi connectivity index (χ3v) is 5.03. The number of hydrogen-bond donors (Lipinski definition) is 2. The number of hydrogen-bond acceptors (Lipinski definition) is 7. The van der Waals surface area contributed by atoms with Crippen LogP contribution in [0.1, 0.15) is 17.3 Å². The molecule has 3 heterocycles. The second kappa shape index (κ2) is 8.06. The number of fused-ring (bicyclic) bond motifs is 1. The molecule has 10 heteroatoms. The van der Waals surface area contributed by atoms with Crippen molar-refractivity contribution in [1.82, 2.24) is 14.1 Å². The van der Waals surface area contributed by atoms with E-state index in [4.69, 9.17) is 14.9 Å². The Hall–Kier alpha value is -4.34. The number of anilines is 2. The van der Waals surface area contributed by atoms with Crippen LogP contribution in [0.15, 0.2) is 56.7 Å². The predicted molar refractivity (Wildman–Crippen MR) is 120 cm³/mol. The zero-order valence-electron chi connectivity index (χ0n) is 17.7. The summed E-state index contributed by atoms with van der Waals surface area (Å²) in [6, 6.07) is 10.0. The summed E-state index contributed by atoms with van der Waals surface area (Å²) in [6.45, 7) is 2.40. The molecule has 0 aliphatic heterocycles. The van der Waals surface area contributed by atoms with Gasteiger partial charge in [-0.3, -0.25) is 18.7 Å². The third-order valence-electron chi connectivity index (χ3n) is 5.03. The van der Waals surface area contributed by atoms with Gasteiger partial charge in [0.15, 0.2) is 5.65 Å². The average molecular weight is 435 g/mol. The summed E-state index contributed by atoms with van der Waals surface area (Å²) < 4.78 is 13.1. The van der Waals surface area contributed by atoms with Gasteiger partial charge in [-0.05, 0) is 43.3 Å². The summed E-state index contributed by atoms with van der Waals surface area (Å²) in [7, 11) is 2.83. The number of ether oxygens (including phenoxy) is 1. The topological polar surface area (TPSA) is 134 Å². The molecule has 0 atom stereocenters. The highest BCUT2D eigenvalue weighted by Crippen LogP contribution is 2.33. The Bertz CT molecular complexity index is 1430. The number of benzene rings is 1. The minimum Gasteiger partial charge on any atom is -0.494 e. The first-order chi connectivity index (χ1) is 15.3. The zero-order valence-corrected chi connectivity index (χ0v) is 17.7. The van der Waals surface area contributed by atoms with Crippen molar-refractivity contribution in [2.24, 2.45) is 14.1 Å². The smallest absolute Gasteiger partial charge is 0.332 e. The summed E-state index contributed by atoms with van der Waals surface area (Å²) in [5, 5.41) is 2.81. The van der Waals surface area contributed by atoms with E-state index in [1.54, 1.807) is 36.4 Å². The van der Waals surface area contributed by atoms with Crippen LogP contribution in [0.4, 0.5) is 11.5 Å². The molecule has 164 valence electrons. The number of aromatic nitrogens is 3. The van der Waals surface area contributed by atoms with Crippen LogP contribution in [0.3, 0.4) is 0 Å². The monoisotopic (exact) mass is 435 g/mol. The van der Waals surface area contributed by atoms with E-state index in [0.717, 1.165) is 4.57 Å². The maximum absolute atomic E-state index is 13.3. The number of nitrogen functional groups attached to an aromatic ring is 1. The molecule has 32 heavy (non-hydrogen) atoms. The standard InChI is InChI=1S/C22H21N5O5/c1-4-31-13-9-7-12(8-10-13)24-20(28)16-15(14-6-5-11-32-14)17-19(25-18(16)23)26(2)22(30)27(3)21(17)29/h5-11H,4H2,1-3H3,(H2,23,25)(H,24,28). The van der Waals surface area contributed by atoms with Crippen LogP contribution in [0.25, 0.3) is 22.4 Å². The van der Waals surface area contributed by atoms with Crippen molar-refractivity contribution >= 4 is 28.4 Å². The van der Waals surface area contributed by atoms with Gasteiger partial charge in [0.2, 0.25) is 0 Å². The highest BCUT2D eigenvalue weighted by Gasteiger charge is 2.26. The molecule has 10 nitrogen and oxygen atoms in total. The molecule has 4 rings (SSSR count). The lowest BCUT2D eigenvalue weighted by Gasteiger charge is -2.15. The van der Waals surface area contributed by atoms with Gasteiger partial charge in [0.25, 0.3) is 11.5 Å². The quantitative estimate of drug-likeness (QED) is 0.490. The van der Waals surface area contributed by atoms with Gasteiger partial charge < -0.3 is 20.2 Å². The molecule has 0 unspecified atom stereocenters. The molecule has 0 fully saturated rings. The van der Waals surface area contributed by atoms with Gasteiger partial charge >= 0.3 is 5.69 Å². The highest BCUT2D eigenvalue weighted by molar-refractivity contribution is 6.15. The van der Waals surface area contributed by atoms with E-state index in [9.17, 15) is 14.4 Å². The number of nitrogens with two attached hydrogens (primary N) is 1. The number of nitrogens with one attached hydrogen (secondary N) is 1. The minimum atomic E-state index is -0.614. The first-order valence-electron chi connectivity index (χ1n) is 9.80. The maximum atomic E-state index is 13.3. The Balaban J connectivity index is 1.94. The lowest BCUT2D eigenvalue weighted by molar-refractivity contribution is 0.102. The van der Waals surface area contributed by atoms with Gasteiger partial charge in [0, 0.05) is 19.8 Å². The Labute approximate surface area is 181 Å².